The Balaban J connectivity index is 2.10. The van der Waals surface area contributed by atoms with Crippen molar-refractivity contribution in [2.75, 3.05) is 19.7 Å². The highest BCUT2D eigenvalue weighted by Crippen LogP contribution is 2.28. The van der Waals surface area contributed by atoms with E-state index in [1.807, 2.05) is 13.8 Å². The normalized spacial score (nSPS) is 15.4. The molecule has 2 rings (SSSR count). The van der Waals surface area contributed by atoms with Crippen LogP contribution < -0.4 is 15.8 Å². The van der Waals surface area contributed by atoms with Crippen molar-refractivity contribution < 1.29 is 23.8 Å². The van der Waals surface area contributed by atoms with Gasteiger partial charge in [0.25, 0.3) is 11.8 Å². The van der Waals surface area contributed by atoms with Gasteiger partial charge in [-0.2, -0.15) is 4.99 Å². The zero-order valence-corrected chi connectivity index (χ0v) is 18.8. The quantitative estimate of drug-likeness (QED) is 0.262. The van der Waals surface area contributed by atoms with Crippen LogP contribution in [-0.2, 0) is 9.59 Å². The second-order valence-corrected chi connectivity index (χ2v) is 8.02. The van der Waals surface area contributed by atoms with Crippen LogP contribution in [-0.4, -0.2) is 53.4 Å². The van der Waals surface area contributed by atoms with Gasteiger partial charge in [-0.25, -0.2) is 4.39 Å². The Morgan fingerprint density at radius 2 is 2.22 bits per heavy atom. The molecule has 0 spiro atoms. The number of carbonyl (C=O) groups excluding carboxylic acids is 2. The summed E-state index contributed by atoms with van der Waals surface area (Å²) in [5.41, 5.74) is 5.81. The topological polar surface area (TPSA) is 117 Å². The maximum atomic E-state index is 14.1. The molecule has 0 saturated heterocycles. The highest BCUT2D eigenvalue weighted by atomic mass is 35.5. The fourth-order valence-corrected chi connectivity index (χ4v) is 3.16. The third-order valence-corrected chi connectivity index (χ3v) is 4.79. The molecule has 1 aromatic rings. The molecule has 0 bridgehead atoms. The highest BCUT2D eigenvalue weighted by Gasteiger charge is 2.35. The number of benzene rings is 1. The average Bonchev–Trinajstić information content (AvgIpc) is 3.09. The first-order chi connectivity index (χ1) is 15.2. The van der Waals surface area contributed by atoms with Crippen LogP contribution in [0.25, 0.3) is 0 Å². The van der Waals surface area contributed by atoms with Crippen molar-refractivity contribution >= 4 is 29.3 Å². The van der Waals surface area contributed by atoms with Crippen LogP contribution in [0.2, 0.25) is 5.02 Å². The molecule has 1 aromatic carbocycles. The number of nitrogens with two attached hydrogens (primary N) is 1. The fourth-order valence-electron chi connectivity index (χ4n) is 3.00. The van der Waals surface area contributed by atoms with Gasteiger partial charge in [0.2, 0.25) is 0 Å². The van der Waals surface area contributed by atoms with Crippen molar-refractivity contribution in [3.63, 3.8) is 0 Å². The van der Waals surface area contributed by atoms with Gasteiger partial charge in [-0.15, -0.1) is 0 Å². The van der Waals surface area contributed by atoms with Crippen molar-refractivity contribution in [2.24, 2.45) is 16.6 Å². The van der Waals surface area contributed by atoms with Crippen molar-refractivity contribution in [1.29, 1.82) is 0 Å². The summed E-state index contributed by atoms with van der Waals surface area (Å²) >= 11 is 5.77. The largest absolute Gasteiger partial charge is 0.456 e. The van der Waals surface area contributed by atoms with Gasteiger partial charge in [0.1, 0.15) is 17.6 Å². The average molecular weight is 467 g/mol. The summed E-state index contributed by atoms with van der Waals surface area (Å²) in [7, 11) is 0. The molecule has 1 heterocycles. The van der Waals surface area contributed by atoms with E-state index in [-0.39, 0.29) is 41.4 Å². The van der Waals surface area contributed by atoms with E-state index >= 15 is 0 Å². The lowest BCUT2D eigenvalue weighted by molar-refractivity contribution is -0.134. The van der Waals surface area contributed by atoms with Crippen LogP contribution in [0.3, 0.4) is 0 Å². The van der Waals surface area contributed by atoms with E-state index in [0.717, 1.165) is 0 Å². The molecule has 1 aliphatic heterocycles. The Hall–Kier alpha value is -2.91. The predicted molar refractivity (Wildman–Crippen MR) is 121 cm³/mol. The minimum Gasteiger partial charge on any atom is -0.456 e. The minimum atomic E-state index is -0.849. The van der Waals surface area contributed by atoms with E-state index in [1.165, 1.54) is 41.5 Å². The molecule has 1 aliphatic rings. The van der Waals surface area contributed by atoms with Gasteiger partial charge in [-0.05, 0) is 37.0 Å². The van der Waals surface area contributed by atoms with Crippen LogP contribution >= 0.6 is 11.6 Å². The van der Waals surface area contributed by atoms with Gasteiger partial charge in [-0.1, -0.05) is 31.5 Å². The van der Waals surface area contributed by atoms with E-state index in [9.17, 15) is 14.0 Å². The summed E-state index contributed by atoms with van der Waals surface area (Å²) in [5, 5.41) is 11.6. The number of ether oxygens (including phenoxy) is 1. The highest BCUT2D eigenvalue weighted by molar-refractivity contribution is 6.30. The van der Waals surface area contributed by atoms with Crippen LogP contribution in [0.1, 0.15) is 26.7 Å². The van der Waals surface area contributed by atoms with Gasteiger partial charge >= 0.3 is 0 Å². The zero-order chi connectivity index (χ0) is 23.7. The van der Waals surface area contributed by atoms with Gasteiger partial charge < -0.3 is 25.8 Å². The third-order valence-electron chi connectivity index (χ3n) is 4.50. The SMILES string of the molecule is CC(C)C[C@@H](C(=O)N=C(N)/C=C\NCCCO)N1CC(Oc2cccc(Cl)c2F)=CC1=O. The van der Waals surface area contributed by atoms with Crippen LogP contribution in [0.5, 0.6) is 5.75 Å². The first-order valence-corrected chi connectivity index (χ1v) is 10.6. The number of carbonyl (C=O) groups is 2. The van der Waals surface area contributed by atoms with Gasteiger partial charge in [-0.3, -0.25) is 9.59 Å². The maximum absolute atomic E-state index is 14.1. The van der Waals surface area contributed by atoms with Crippen molar-refractivity contribution in [3.8, 4) is 5.75 Å². The van der Waals surface area contributed by atoms with Gasteiger partial charge in [0.05, 0.1) is 11.6 Å². The molecular formula is C22H28ClFN4O4. The second kappa shape index (κ2) is 12.2. The zero-order valence-electron chi connectivity index (χ0n) is 18.1. The number of amides is 2. The third kappa shape index (κ3) is 7.35. The summed E-state index contributed by atoms with van der Waals surface area (Å²) in [6, 6.07) is 3.47. The molecule has 0 saturated carbocycles. The van der Waals surface area contributed by atoms with Gasteiger partial charge in [0.15, 0.2) is 11.6 Å². The lowest BCUT2D eigenvalue weighted by Gasteiger charge is -2.26. The Bertz CT molecular complexity index is 917. The summed E-state index contributed by atoms with van der Waals surface area (Å²) in [5.74, 6) is -1.55. The number of amidine groups is 1. The molecule has 174 valence electrons. The molecule has 1 atom stereocenters. The molecule has 0 fully saturated rings. The molecule has 2 amide bonds. The fraction of sp³-hybridized carbons (Fsp3) is 0.409. The minimum absolute atomic E-state index is 0.0120. The van der Waals surface area contributed by atoms with E-state index in [2.05, 4.69) is 10.3 Å². The molecule has 0 aliphatic carbocycles. The maximum Gasteiger partial charge on any atom is 0.270 e. The number of aliphatic hydroxyl groups excluding tert-OH is 1. The number of aliphatic imine (C=N–C) groups is 1. The summed E-state index contributed by atoms with van der Waals surface area (Å²) in [6.07, 6.45) is 5.13. The smallest absolute Gasteiger partial charge is 0.270 e. The number of rotatable bonds is 11. The number of hydrogen-bond donors (Lipinski definition) is 3. The summed E-state index contributed by atoms with van der Waals surface area (Å²) in [6.45, 7) is 4.44. The first-order valence-electron chi connectivity index (χ1n) is 10.2. The predicted octanol–water partition coefficient (Wildman–Crippen LogP) is 2.37. The van der Waals surface area contributed by atoms with Crippen molar-refractivity contribution in [3.05, 3.63) is 53.2 Å². The lowest BCUT2D eigenvalue weighted by atomic mass is 10.0. The molecule has 10 heteroatoms. The summed E-state index contributed by atoms with van der Waals surface area (Å²) in [4.78, 5) is 30.7. The number of aliphatic hydroxyl groups is 1. The second-order valence-electron chi connectivity index (χ2n) is 7.62. The number of hydrogen-bond acceptors (Lipinski definition) is 5. The first kappa shape index (κ1) is 25.4. The Labute approximate surface area is 191 Å². The van der Waals surface area contributed by atoms with Crippen molar-refractivity contribution in [2.45, 2.75) is 32.7 Å². The molecule has 0 unspecified atom stereocenters. The molecular weight excluding hydrogens is 439 g/mol. The standard InChI is InChI=1S/C22H28ClFN4O4/c1-14(2)11-17(22(31)27-19(25)7-9-26-8-4-10-29)28-13-15(12-20(28)30)32-18-6-3-5-16(23)21(18)24/h3,5-7,9,12,14,17,26,29H,4,8,10-11,13H2,1-2H3,(H2,25,27,31)/b9-7-/t17-/m0/s1. The molecule has 0 aromatic heterocycles. The van der Waals surface area contributed by atoms with Crippen molar-refractivity contribution in [1.82, 2.24) is 10.2 Å². The Morgan fingerprint density at radius 3 is 2.91 bits per heavy atom. The Morgan fingerprint density at radius 1 is 1.47 bits per heavy atom. The monoisotopic (exact) mass is 466 g/mol. The molecule has 4 N–H and O–H groups in total. The van der Waals surface area contributed by atoms with Crippen LogP contribution in [0, 0.1) is 11.7 Å². The number of halogens is 2. The Kier molecular flexibility index (Phi) is 9.67. The molecule has 8 nitrogen and oxygen atoms in total. The van der Waals surface area contributed by atoms with E-state index in [0.29, 0.717) is 19.4 Å². The lowest BCUT2D eigenvalue weighted by Crippen LogP contribution is -2.43. The van der Waals surface area contributed by atoms with E-state index in [1.54, 1.807) is 0 Å². The number of nitrogens with one attached hydrogen (secondary N) is 1. The summed E-state index contributed by atoms with van der Waals surface area (Å²) < 4.78 is 19.6. The molecule has 32 heavy (non-hydrogen) atoms. The van der Waals surface area contributed by atoms with E-state index in [4.69, 9.17) is 27.2 Å². The van der Waals surface area contributed by atoms with Crippen LogP contribution in [0.15, 0.2) is 47.3 Å². The van der Waals surface area contributed by atoms with Gasteiger partial charge in [0, 0.05) is 25.4 Å². The van der Waals surface area contributed by atoms with Crippen LogP contribution in [0.4, 0.5) is 4.39 Å². The molecule has 0 radical (unpaired) electrons. The van der Waals surface area contributed by atoms with E-state index < -0.39 is 23.7 Å². The number of nitrogens with zero attached hydrogens (tertiary/aromatic N) is 2.